The largest absolute Gasteiger partial charge is 0.493 e. The molecule has 2 aromatic rings. The predicted octanol–water partition coefficient (Wildman–Crippen LogP) is 2.11. The van der Waals surface area contributed by atoms with E-state index in [4.69, 9.17) is 20.6 Å². The summed E-state index contributed by atoms with van der Waals surface area (Å²) in [6.45, 7) is 2.39. The van der Waals surface area contributed by atoms with Crippen LogP contribution in [-0.2, 0) is 11.2 Å². The molecule has 0 saturated carbocycles. The summed E-state index contributed by atoms with van der Waals surface area (Å²) < 4.78 is 16.1. The van der Waals surface area contributed by atoms with Crippen LogP contribution < -0.4 is 19.5 Å². The highest BCUT2D eigenvalue weighted by atomic mass is 16.5. The van der Waals surface area contributed by atoms with E-state index >= 15 is 0 Å². The van der Waals surface area contributed by atoms with Gasteiger partial charge >= 0.3 is 0 Å². The molecule has 0 radical (unpaired) electrons. The maximum Gasteiger partial charge on any atom is 0.252 e. The molecule has 2 aromatic carbocycles. The molecule has 0 spiro atoms. The van der Waals surface area contributed by atoms with Gasteiger partial charge in [-0.05, 0) is 43.2 Å². The van der Waals surface area contributed by atoms with Gasteiger partial charge in [-0.2, -0.15) is 0 Å². The van der Waals surface area contributed by atoms with E-state index in [-0.39, 0.29) is 13.2 Å². The van der Waals surface area contributed by atoms with Crippen molar-refractivity contribution in [1.82, 2.24) is 5.32 Å². The standard InChI is InChI=1S/C22H25NO5/c1-4-13-27-20-10-7-17(14-21(20)26-3)11-12-23-22(25)19(24)15-28-18-8-5-16(2)6-9-18/h1,5-10,14,19,24H,11-13,15H2,2-3H3,(H,23,25)/t19-/m0/s1. The highest BCUT2D eigenvalue weighted by Crippen LogP contribution is 2.28. The molecule has 2 rings (SSSR count). The first-order chi connectivity index (χ1) is 13.5. The number of methoxy groups -OCH3 is 1. The molecule has 6 heteroatoms. The van der Waals surface area contributed by atoms with Crippen molar-refractivity contribution in [3.8, 4) is 29.6 Å². The average molecular weight is 383 g/mol. The van der Waals surface area contributed by atoms with Gasteiger partial charge in [0.05, 0.1) is 7.11 Å². The van der Waals surface area contributed by atoms with E-state index < -0.39 is 12.0 Å². The number of ether oxygens (including phenoxy) is 3. The Hall–Kier alpha value is -3.17. The van der Waals surface area contributed by atoms with E-state index in [1.54, 1.807) is 25.3 Å². The van der Waals surface area contributed by atoms with Crippen molar-refractivity contribution in [1.29, 1.82) is 0 Å². The third-order valence-corrected chi connectivity index (χ3v) is 3.98. The zero-order valence-corrected chi connectivity index (χ0v) is 16.1. The topological polar surface area (TPSA) is 77.0 Å². The number of amides is 1. The lowest BCUT2D eigenvalue weighted by atomic mass is 10.1. The lowest BCUT2D eigenvalue weighted by Crippen LogP contribution is -2.39. The van der Waals surface area contributed by atoms with Gasteiger partial charge in [0, 0.05) is 6.54 Å². The zero-order chi connectivity index (χ0) is 20.4. The Morgan fingerprint density at radius 1 is 1.18 bits per heavy atom. The van der Waals surface area contributed by atoms with Crippen LogP contribution in [-0.4, -0.2) is 44.0 Å². The lowest BCUT2D eigenvalue weighted by molar-refractivity contribution is -0.130. The normalized spacial score (nSPS) is 11.2. The highest BCUT2D eigenvalue weighted by Gasteiger charge is 2.15. The number of terminal acetylenes is 1. The molecule has 0 aliphatic rings. The lowest BCUT2D eigenvalue weighted by Gasteiger charge is -2.14. The van der Waals surface area contributed by atoms with Gasteiger partial charge in [0.2, 0.25) is 0 Å². The summed E-state index contributed by atoms with van der Waals surface area (Å²) in [4.78, 5) is 12.0. The second kappa shape index (κ2) is 10.9. The summed E-state index contributed by atoms with van der Waals surface area (Å²) in [5.41, 5.74) is 2.06. The number of aryl methyl sites for hydroxylation is 1. The molecule has 148 valence electrons. The van der Waals surface area contributed by atoms with Crippen LogP contribution in [0.25, 0.3) is 0 Å². The minimum atomic E-state index is -1.24. The van der Waals surface area contributed by atoms with Crippen molar-refractivity contribution in [2.45, 2.75) is 19.4 Å². The molecule has 0 aromatic heterocycles. The molecule has 0 aliphatic carbocycles. The fourth-order valence-corrected chi connectivity index (χ4v) is 2.44. The van der Waals surface area contributed by atoms with Crippen LogP contribution in [0, 0.1) is 19.3 Å². The van der Waals surface area contributed by atoms with Crippen LogP contribution >= 0.6 is 0 Å². The van der Waals surface area contributed by atoms with Crippen molar-refractivity contribution < 1.29 is 24.1 Å². The quantitative estimate of drug-likeness (QED) is 0.615. The van der Waals surface area contributed by atoms with Crippen LogP contribution in [0.2, 0.25) is 0 Å². The summed E-state index contributed by atoms with van der Waals surface area (Å²) in [7, 11) is 1.55. The summed E-state index contributed by atoms with van der Waals surface area (Å²) >= 11 is 0. The molecular formula is C22H25NO5. The monoisotopic (exact) mass is 383 g/mol. The SMILES string of the molecule is C#CCOc1ccc(CCNC(=O)[C@@H](O)COc2ccc(C)cc2)cc1OC. The van der Waals surface area contributed by atoms with Crippen LogP contribution in [0.1, 0.15) is 11.1 Å². The van der Waals surface area contributed by atoms with E-state index in [1.807, 2.05) is 31.2 Å². The maximum absolute atomic E-state index is 12.0. The molecule has 6 nitrogen and oxygen atoms in total. The fraction of sp³-hybridized carbons (Fsp3) is 0.318. The second-order valence-corrected chi connectivity index (χ2v) is 6.16. The molecule has 28 heavy (non-hydrogen) atoms. The van der Waals surface area contributed by atoms with Gasteiger partial charge < -0.3 is 24.6 Å². The van der Waals surface area contributed by atoms with Gasteiger partial charge in [0.1, 0.15) is 19.0 Å². The number of hydrogen-bond donors (Lipinski definition) is 2. The minimum Gasteiger partial charge on any atom is -0.493 e. The van der Waals surface area contributed by atoms with Gasteiger partial charge in [-0.1, -0.05) is 29.7 Å². The van der Waals surface area contributed by atoms with Crippen molar-refractivity contribution in [2.75, 3.05) is 26.9 Å². The first kappa shape index (κ1) is 21.1. The number of carbonyl (C=O) groups excluding carboxylic acids is 1. The molecule has 0 saturated heterocycles. The number of carbonyl (C=O) groups is 1. The molecule has 0 fully saturated rings. The minimum absolute atomic E-state index is 0.107. The van der Waals surface area contributed by atoms with E-state index in [9.17, 15) is 9.90 Å². The molecule has 0 aliphatic heterocycles. The fourth-order valence-electron chi connectivity index (χ4n) is 2.44. The summed E-state index contributed by atoms with van der Waals surface area (Å²) in [5, 5.41) is 12.6. The number of hydrogen-bond acceptors (Lipinski definition) is 5. The Balaban J connectivity index is 1.77. The first-order valence-corrected chi connectivity index (χ1v) is 8.92. The Morgan fingerprint density at radius 3 is 2.61 bits per heavy atom. The Kier molecular flexibility index (Phi) is 8.19. The van der Waals surface area contributed by atoms with Crippen molar-refractivity contribution in [2.24, 2.45) is 0 Å². The van der Waals surface area contributed by atoms with Crippen LogP contribution in [0.5, 0.6) is 17.2 Å². The first-order valence-electron chi connectivity index (χ1n) is 8.92. The highest BCUT2D eigenvalue weighted by molar-refractivity contribution is 5.80. The van der Waals surface area contributed by atoms with Gasteiger partial charge in [-0.15, -0.1) is 6.42 Å². The molecule has 1 atom stereocenters. The van der Waals surface area contributed by atoms with E-state index in [2.05, 4.69) is 11.2 Å². The Labute approximate surface area is 165 Å². The Morgan fingerprint density at radius 2 is 1.93 bits per heavy atom. The van der Waals surface area contributed by atoms with Gasteiger partial charge in [-0.3, -0.25) is 4.79 Å². The van der Waals surface area contributed by atoms with Crippen molar-refractivity contribution >= 4 is 5.91 Å². The predicted molar refractivity (Wildman–Crippen MR) is 107 cm³/mol. The molecule has 0 heterocycles. The molecule has 0 unspecified atom stereocenters. The number of rotatable bonds is 10. The number of benzene rings is 2. The zero-order valence-electron chi connectivity index (χ0n) is 16.1. The second-order valence-electron chi connectivity index (χ2n) is 6.16. The summed E-state index contributed by atoms with van der Waals surface area (Å²) in [6, 6.07) is 12.9. The van der Waals surface area contributed by atoms with E-state index in [0.717, 1.165) is 11.1 Å². The van der Waals surface area contributed by atoms with E-state index in [0.29, 0.717) is 30.2 Å². The number of nitrogens with one attached hydrogen (secondary N) is 1. The third-order valence-electron chi connectivity index (χ3n) is 3.98. The van der Waals surface area contributed by atoms with Gasteiger partial charge in [0.15, 0.2) is 17.6 Å². The van der Waals surface area contributed by atoms with Gasteiger partial charge in [-0.25, -0.2) is 0 Å². The molecule has 2 N–H and O–H groups in total. The Bertz CT molecular complexity index is 811. The third kappa shape index (κ3) is 6.53. The van der Waals surface area contributed by atoms with Crippen molar-refractivity contribution in [3.63, 3.8) is 0 Å². The van der Waals surface area contributed by atoms with E-state index in [1.165, 1.54) is 0 Å². The number of aliphatic hydroxyl groups is 1. The summed E-state index contributed by atoms with van der Waals surface area (Å²) in [5.74, 6) is 3.67. The van der Waals surface area contributed by atoms with Crippen LogP contribution in [0.3, 0.4) is 0 Å². The smallest absolute Gasteiger partial charge is 0.252 e. The molecular weight excluding hydrogens is 358 g/mol. The van der Waals surface area contributed by atoms with Gasteiger partial charge in [0.25, 0.3) is 5.91 Å². The van der Waals surface area contributed by atoms with Crippen LogP contribution in [0.15, 0.2) is 42.5 Å². The number of aliphatic hydroxyl groups excluding tert-OH is 1. The van der Waals surface area contributed by atoms with Crippen LogP contribution in [0.4, 0.5) is 0 Å². The summed E-state index contributed by atoms with van der Waals surface area (Å²) in [6.07, 6.45) is 4.52. The molecule has 0 bridgehead atoms. The van der Waals surface area contributed by atoms with Crippen molar-refractivity contribution in [3.05, 3.63) is 53.6 Å². The maximum atomic E-state index is 12.0. The average Bonchev–Trinajstić information content (AvgIpc) is 2.71. The molecule has 1 amide bonds.